The van der Waals surface area contributed by atoms with Gasteiger partial charge in [-0.1, -0.05) is 0 Å². The molecule has 50 heavy (non-hydrogen) atoms. The third-order valence-electron chi connectivity index (χ3n) is 9.73. The van der Waals surface area contributed by atoms with E-state index in [1.165, 1.54) is 7.11 Å². The molecule has 260 valence electrons. The van der Waals surface area contributed by atoms with E-state index in [0.29, 0.717) is 35.2 Å². The fourth-order valence-electron chi connectivity index (χ4n) is 7.20. The first-order chi connectivity index (χ1) is 24.2. The molecule has 0 atom stereocenters. The molecule has 13 nitrogen and oxygen atoms in total. The molecule has 1 saturated carbocycles. The Kier molecular flexibility index (Phi) is 10.3. The van der Waals surface area contributed by atoms with Gasteiger partial charge in [0.1, 0.15) is 17.6 Å². The molecule has 2 amide bonds. The number of ether oxygens (including phenoxy) is 2. The van der Waals surface area contributed by atoms with E-state index in [0.717, 1.165) is 69.3 Å². The van der Waals surface area contributed by atoms with Crippen molar-refractivity contribution in [2.75, 3.05) is 43.5 Å². The van der Waals surface area contributed by atoms with Gasteiger partial charge in [0, 0.05) is 74.7 Å². The molecule has 6 rings (SSSR count). The number of nitrogens with zero attached hydrogens (tertiary/aromatic N) is 5. The van der Waals surface area contributed by atoms with Gasteiger partial charge in [-0.2, -0.15) is 5.26 Å². The van der Waals surface area contributed by atoms with Crippen molar-refractivity contribution in [3.05, 3.63) is 76.3 Å². The zero-order chi connectivity index (χ0) is 35.4. The second kappa shape index (κ2) is 15.0. The van der Waals surface area contributed by atoms with Crippen LogP contribution in [0.2, 0.25) is 0 Å². The van der Waals surface area contributed by atoms with Gasteiger partial charge in [-0.25, -0.2) is 9.79 Å². The molecule has 0 spiro atoms. The summed E-state index contributed by atoms with van der Waals surface area (Å²) in [5, 5.41) is 23.2. The lowest BCUT2D eigenvalue weighted by Crippen LogP contribution is -2.52. The van der Waals surface area contributed by atoms with Crippen LogP contribution in [0.15, 0.2) is 59.0 Å². The molecule has 1 saturated heterocycles. The number of methoxy groups -OCH3 is 1. The number of esters is 1. The molecule has 1 aliphatic carbocycles. The Morgan fingerprint density at radius 3 is 2.48 bits per heavy atom. The molecule has 4 aliphatic rings. The van der Waals surface area contributed by atoms with Crippen molar-refractivity contribution in [3.63, 3.8) is 0 Å². The Bertz CT molecular complexity index is 1810. The number of nitriles is 1. The third kappa shape index (κ3) is 7.11. The summed E-state index contributed by atoms with van der Waals surface area (Å²) in [5.74, 6) is -0.366. The van der Waals surface area contributed by atoms with Gasteiger partial charge in [0.15, 0.2) is 0 Å². The number of carbonyl (C=O) groups is 3. The van der Waals surface area contributed by atoms with Crippen LogP contribution in [0.3, 0.4) is 0 Å². The van der Waals surface area contributed by atoms with Crippen LogP contribution >= 0.6 is 0 Å². The third-order valence-corrected chi connectivity index (χ3v) is 9.73. The maximum absolute atomic E-state index is 13.8. The van der Waals surface area contributed by atoms with Crippen LogP contribution in [-0.4, -0.2) is 91.5 Å². The number of hydrogen-bond donors (Lipinski definition) is 3. The van der Waals surface area contributed by atoms with Crippen LogP contribution in [0.25, 0.3) is 0 Å². The number of anilines is 2. The fraction of sp³-hybridized carbons (Fsp3) is 0.405. The van der Waals surface area contributed by atoms with E-state index in [4.69, 9.17) is 14.9 Å². The standard InChI is InChI=1S/C37H42N8O5/c1-23(2)50-33-19-30-25(18-32(33)42-35(46)31(21-39)34-40-11-4-12-41-34)22-45(36(30)47)27-7-5-26(6-8-27)43-13-15-44(16-14-43)28-9-10-29(37(48)49-3)24(17-28)20-38/h4,9-12,17-19,21,23,26-27,39-40H,5-8,13-16,22H2,1-3H3,(H,42,46)/b34-31-,39-21?. The number of nitrogens with one attached hydrogen (secondary N) is 3. The molecule has 2 aromatic rings. The monoisotopic (exact) mass is 678 g/mol. The summed E-state index contributed by atoms with van der Waals surface area (Å²) < 4.78 is 10.9. The molecule has 2 fully saturated rings. The first-order valence-electron chi connectivity index (χ1n) is 17.0. The van der Waals surface area contributed by atoms with Crippen LogP contribution in [0.4, 0.5) is 11.4 Å². The number of piperazine rings is 1. The summed E-state index contributed by atoms with van der Waals surface area (Å²) in [6, 6.07) is 11.5. The maximum atomic E-state index is 13.8. The highest BCUT2D eigenvalue weighted by Crippen LogP contribution is 2.38. The van der Waals surface area contributed by atoms with Crippen molar-refractivity contribution < 1.29 is 23.9 Å². The summed E-state index contributed by atoms with van der Waals surface area (Å²) in [6.45, 7) is 7.66. The minimum absolute atomic E-state index is 0.0201. The van der Waals surface area contributed by atoms with Crippen molar-refractivity contribution in [1.29, 1.82) is 10.7 Å². The molecule has 0 bridgehead atoms. The van der Waals surface area contributed by atoms with Crippen LogP contribution in [0, 0.1) is 16.7 Å². The summed E-state index contributed by atoms with van der Waals surface area (Å²) in [6.07, 6.45) is 9.44. The normalized spacial score (nSPS) is 21.3. The molecular weight excluding hydrogens is 636 g/mol. The molecule has 2 aromatic carbocycles. The lowest BCUT2D eigenvalue weighted by Gasteiger charge is -2.43. The van der Waals surface area contributed by atoms with Gasteiger partial charge in [0.2, 0.25) is 0 Å². The smallest absolute Gasteiger partial charge is 0.339 e. The van der Waals surface area contributed by atoms with Gasteiger partial charge in [0.05, 0.1) is 35.6 Å². The topological polar surface area (TPSA) is 163 Å². The van der Waals surface area contributed by atoms with Gasteiger partial charge in [-0.3, -0.25) is 14.5 Å². The Hall–Kier alpha value is -5.48. The van der Waals surface area contributed by atoms with Crippen LogP contribution in [0.5, 0.6) is 5.75 Å². The number of benzene rings is 2. The van der Waals surface area contributed by atoms with Crippen molar-refractivity contribution in [2.24, 2.45) is 4.99 Å². The Labute approximate surface area is 291 Å². The quantitative estimate of drug-likeness (QED) is 0.200. The SMILES string of the molecule is COC(=O)c1ccc(N2CCN(C3CCC(N4Cc5cc(NC(=O)/C(C=N)=C6\N=CC=CN6)c(OC(C)C)cc5C4=O)CC3)CC2)cc1C#N. The highest BCUT2D eigenvalue weighted by atomic mass is 16.5. The van der Waals surface area contributed by atoms with Gasteiger partial charge in [-0.15, -0.1) is 0 Å². The van der Waals surface area contributed by atoms with Crippen LogP contribution in [-0.2, 0) is 16.1 Å². The second-order valence-electron chi connectivity index (χ2n) is 13.1. The highest BCUT2D eigenvalue weighted by Gasteiger charge is 2.37. The second-order valence-corrected chi connectivity index (χ2v) is 13.1. The largest absolute Gasteiger partial charge is 0.489 e. The van der Waals surface area contributed by atoms with Crippen LogP contribution < -0.4 is 20.3 Å². The molecule has 3 N–H and O–H groups in total. The average molecular weight is 679 g/mol. The number of aliphatic imine (C=N–C) groups is 1. The van der Waals surface area contributed by atoms with Gasteiger partial charge < -0.3 is 35.3 Å². The van der Waals surface area contributed by atoms with E-state index in [2.05, 4.69) is 31.5 Å². The van der Waals surface area contributed by atoms with Crippen LogP contribution in [0.1, 0.15) is 71.4 Å². The predicted molar refractivity (Wildman–Crippen MR) is 190 cm³/mol. The molecule has 0 aromatic heterocycles. The van der Waals surface area contributed by atoms with Crippen molar-refractivity contribution in [2.45, 2.75) is 64.3 Å². The van der Waals surface area contributed by atoms with Crippen molar-refractivity contribution in [1.82, 2.24) is 15.1 Å². The number of amides is 2. The lowest BCUT2D eigenvalue weighted by atomic mass is 9.89. The molecule has 3 aliphatic heterocycles. The lowest BCUT2D eigenvalue weighted by molar-refractivity contribution is -0.112. The van der Waals surface area contributed by atoms with E-state index in [9.17, 15) is 19.6 Å². The summed E-state index contributed by atoms with van der Waals surface area (Å²) in [4.78, 5) is 49.9. The van der Waals surface area contributed by atoms with Gasteiger partial charge in [0.25, 0.3) is 11.8 Å². The molecule has 3 heterocycles. The first kappa shape index (κ1) is 34.4. The summed E-state index contributed by atoms with van der Waals surface area (Å²) in [7, 11) is 1.31. The average Bonchev–Trinajstić information content (AvgIpc) is 3.46. The van der Waals surface area contributed by atoms with Gasteiger partial charge >= 0.3 is 5.97 Å². The van der Waals surface area contributed by atoms with Crippen molar-refractivity contribution in [3.8, 4) is 11.8 Å². The summed E-state index contributed by atoms with van der Waals surface area (Å²) >= 11 is 0. The first-order valence-corrected chi connectivity index (χ1v) is 17.0. The number of hydrogen-bond acceptors (Lipinski definition) is 11. The highest BCUT2D eigenvalue weighted by molar-refractivity contribution is 6.18. The minimum atomic E-state index is -0.514. The zero-order valence-corrected chi connectivity index (χ0v) is 28.6. The molecule has 0 unspecified atom stereocenters. The van der Waals surface area contributed by atoms with Gasteiger partial charge in [-0.05, 0) is 81.5 Å². The number of fused-ring (bicyclic) bond motifs is 1. The number of carbonyl (C=O) groups excluding carboxylic acids is 3. The minimum Gasteiger partial charge on any atom is -0.489 e. The maximum Gasteiger partial charge on any atom is 0.339 e. The Morgan fingerprint density at radius 1 is 1.10 bits per heavy atom. The fourth-order valence-corrected chi connectivity index (χ4v) is 7.20. The van der Waals surface area contributed by atoms with Crippen molar-refractivity contribution >= 4 is 41.6 Å². The molecule has 13 heteroatoms. The van der Waals surface area contributed by atoms with E-state index in [1.54, 1.807) is 36.7 Å². The number of allylic oxidation sites excluding steroid dienone is 1. The Balaban J connectivity index is 1.07. The zero-order valence-electron chi connectivity index (χ0n) is 28.6. The molecular formula is C37H42N8O5. The van der Waals surface area contributed by atoms with E-state index < -0.39 is 11.9 Å². The van der Waals surface area contributed by atoms with E-state index in [-0.39, 0.29) is 35.0 Å². The predicted octanol–water partition coefficient (Wildman–Crippen LogP) is 4.21. The Morgan fingerprint density at radius 2 is 1.84 bits per heavy atom. The molecule has 0 radical (unpaired) electrons. The van der Waals surface area contributed by atoms with E-state index >= 15 is 0 Å². The summed E-state index contributed by atoms with van der Waals surface area (Å²) in [5.41, 5.74) is 3.45. The number of rotatable bonds is 9. The van der Waals surface area contributed by atoms with E-state index in [1.807, 2.05) is 30.9 Å².